The summed E-state index contributed by atoms with van der Waals surface area (Å²) in [6.07, 6.45) is 4.21. The average molecular weight is 526 g/mol. The topological polar surface area (TPSA) is 70.3 Å². The molecule has 35 heavy (non-hydrogen) atoms. The maximum Gasteiger partial charge on any atom is 0.266 e. The highest BCUT2D eigenvalue weighted by Gasteiger charge is 2.20. The smallest absolute Gasteiger partial charge is 0.266 e. The molecule has 0 atom stereocenters. The quantitative estimate of drug-likeness (QED) is 0.223. The van der Waals surface area contributed by atoms with E-state index in [0.29, 0.717) is 0 Å². The van der Waals surface area contributed by atoms with Crippen molar-refractivity contribution in [3.8, 4) is 5.75 Å². The fraction of sp³-hybridized carbons (Fsp3) is 0.148. The van der Waals surface area contributed by atoms with Gasteiger partial charge in [0.2, 0.25) is 5.52 Å². The highest BCUT2D eigenvalue weighted by Crippen LogP contribution is 2.34. The number of allylic oxidation sites excluding steroid dienone is 2. The van der Waals surface area contributed by atoms with E-state index in [0.717, 1.165) is 39.2 Å². The van der Waals surface area contributed by atoms with Crippen molar-refractivity contribution < 1.29 is 22.3 Å². The number of aromatic nitrogens is 1. The van der Waals surface area contributed by atoms with Gasteiger partial charge in [0.05, 0.1) is 11.0 Å². The summed E-state index contributed by atoms with van der Waals surface area (Å²) >= 11 is 7.92. The van der Waals surface area contributed by atoms with Crippen LogP contribution in [0.25, 0.3) is 21.9 Å². The van der Waals surface area contributed by atoms with E-state index in [-0.39, 0.29) is 4.90 Å². The van der Waals surface area contributed by atoms with Crippen LogP contribution in [-0.2, 0) is 16.7 Å². The minimum Gasteiger partial charge on any atom is -0.744 e. The van der Waals surface area contributed by atoms with Gasteiger partial charge in [0.25, 0.3) is 5.01 Å². The molecule has 5 rings (SSSR count). The highest BCUT2D eigenvalue weighted by molar-refractivity contribution is 7.85. The maximum atomic E-state index is 10.4. The number of ether oxygens (including phenoxy) is 1. The van der Waals surface area contributed by atoms with Crippen LogP contribution in [0.2, 0.25) is 5.02 Å². The standard InChI is InChI=1S/C20H17ClNOS.C7H8O3S/c1-3-22-17-11-14(21)8-9-19(17)24-20(22)12-15-10-13(2)16-6-4-5-7-18(16)23-15;1-6-2-4-7(5-3-6)11(8,9)10/h4-12H,3H2,1-2H3;2-5H,1H3,(H,8,9,10)/q+1;/p-1/b15-12+;. The molecule has 0 radical (unpaired) electrons. The first-order valence-corrected chi connectivity index (χ1v) is 13.6. The van der Waals surface area contributed by atoms with Crippen LogP contribution in [0.3, 0.4) is 0 Å². The fourth-order valence-corrected chi connectivity index (χ4v) is 5.52. The number of halogens is 1. The van der Waals surface area contributed by atoms with Gasteiger partial charge in [-0.15, -0.1) is 0 Å². The van der Waals surface area contributed by atoms with E-state index >= 15 is 0 Å². The summed E-state index contributed by atoms with van der Waals surface area (Å²) in [5.74, 6) is 1.78. The Morgan fingerprint density at radius 1 is 1.06 bits per heavy atom. The van der Waals surface area contributed by atoms with Crippen LogP contribution in [0.15, 0.2) is 83.5 Å². The molecule has 0 spiro atoms. The summed E-state index contributed by atoms with van der Waals surface area (Å²) in [4.78, 5) is -0.178. The highest BCUT2D eigenvalue weighted by atomic mass is 35.5. The van der Waals surface area contributed by atoms with E-state index in [1.54, 1.807) is 23.5 Å². The van der Waals surface area contributed by atoms with Gasteiger partial charge in [-0.05, 0) is 62.8 Å². The molecule has 0 unspecified atom stereocenters. The Morgan fingerprint density at radius 3 is 2.46 bits per heavy atom. The van der Waals surface area contributed by atoms with Gasteiger partial charge in [0, 0.05) is 16.7 Å². The number of thiazole rings is 1. The third-order valence-electron chi connectivity index (χ3n) is 5.48. The lowest BCUT2D eigenvalue weighted by molar-refractivity contribution is -0.665. The first kappa shape index (κ1) is 25.1. The second kappa shape index (κ2) is 10.3. The van der Waals surface area contributed by atoms with E-state index < -0.39 is 10.1 Å². The Morgan fingerprint density at radius 2 is 1.77 bits per heavy atom. The minimum absolute atomic E-state index is 0.178. The molecule has 1 aromatic heterocycles. The third-order valence-corrected chi connectivity index (χ3v) is 7.68. The normalized spacial score (nSPS) is 14.1. The Kier molecular flexibility index (Phi) is 7.42. The van der Waals surface area contributed by atoms with Crippen LogP contribution in [0, 0.1) is 6.92 Å². The molecule has 0 saturated carbocycles. The predicted octanol–water partition coefficient (Wildman–Crippen LogP) is 6.60. The van der Waals surface area contributed by atoms with Gasteiger partial charge < -0.3 is 9.29 Å². The molecule has 1 aliphatic heterocycles. The van der Waals surface area contributed by atoms with Crippen molar-refractivity contribution in [3.63, 3.8) is 0 Å². The SMILES string of the molecule is CC[n+]1c(/C=C2\C=C(C)c3ccccc3O2)sc2ccc(Cl)cc21.Cc1ccc(S(=O)(=O)[O-])cc1. The number of para-hydroxylation sites is 1. The lowest BCUT2D eigenvalue weighted by atomic mass is 10.0. The summed E-state index contributed by atoms with van der Waals surface area (Å²) in [5.41, 5.74) is 4.47. The molecule has 0 N–H and O–H groups in total. The number of rotatable bonds is 3. The fourth-order valence-electron chi connectivity index (χ4n) is 3.73. The number of aryl methyl sites for hydroxylation is 2. The van der Waals surface area contributed by atoms with Crippen molar-refractivity contribution in [2.75, 3.05) is 0 Å². The molecule has 8 heteroatoms. The van der Waals surface area contributed by atoms with Crippen molar-refractivity contribution in [2.45, 2.75) is 32.2 Å². The molecule has 5 nitrogen and oxygen atoms in total. The molecule has 2 heterocycles. The molecular weight excluding hydrogens is 502 g/mol. The molecule has 0 amide bonds. The molecule has 180 valence electrons. The third kappa shape index (κ3) is 5.82. The van der Waals surface area contributed by atoms with Crippen molar-refractivity contribution in [1.29, 1.82) is 0 Å². The van der Waals surface area contributed by atoms with E-state index in [1.807, 2.05) is 37.3 Å². The Labute approximate surface area is 214 Å². The van der Waals surface area contributed by atoms with Crippen LogP contribution in [0.4, 0.5) is 0 Å². The molecule has 1 aliphatic rings. The molecule has 0 aliphatic carbocycles. The molecule has 3 aromatic carbocycles. The maximum absolute atomic E-state index is 10.4. The van der Waals surface area contributed by atoms with E-state index in [2.05, 4.69) is 42.7 Å². The number of benzene rings is 3. The first-order chi connectivity index (χ1) is 16.7. The molecule has 4 aromatic rings. The predicted molar refractivity (Wildman–Crippen MR) is 141 cm³/mol. The van der Waals surface area contributed by atoms with Crippen LogP contribution in [-0.4, -0.2) is 13.0 Å². The monoisotopic (exact) mass is 525 g/mol. The summed E-state index contributed by atoms with van der Waals surface area (Å²) in [6, 6.07) is 20.0. The zero-order valence-corrected chi connectivity index (χ0v) is 21.9. The van der Waals surface area contributed by atoms with Gasteiger partial charge in [-0.2, -0.15) is 4.57 Å². The zero-order valence-electron chi connectivity index (χ0n) is 19.5. The van der Waals surface area contributed by atoms with Crippen molar-refractivity contribution in [2.24, 2.45) is 0 Å². The van der Waals surface area contributed by atoms with E-state index in [9.17, 15) is 13.0 Å². The van der Waals surface area contributed by atoms with Gasteiger partial charge in [0.1, 0.15) is 32.9 Å². The van der Waals surface area contributed by atoms with Gasteiger partial charge in [-0.3, -0.25) is 0 Å². The minimum atomic E-state index is -4.27. The van der Waals surface area contributed by atoms with Crippen LogP contribution in [0.5, 0.6) is 5.75 Å². The van der Waals surface area contributed by atoms with Crippen molar-refractivity contribution in [3.05, 3.63) is 99.7 Å². The molecule has 0 fully saturated rings. The summed E-state index contributed by atoms with van der Waals surface area (Å²) < 4.78 is 40.7. The largest absolute Gasteiger partial charge is 0.744 e. The average Bonchev–Trinajstić information content (AvgIpc) is 3.15. The van der Waals surface area contributed by atoms with Crippen molar-refractivity contribution >= 4 is 54.9 Å². The van der Waals surface area contributed by atoms with E-state index in [4.69, 9.17) is 16.3 Å². The number of nitrogens with zero attached hydrogens (tertiary/aromatic N) is 1. The van der Waals surface area contributed by atoms with Gasteiger partial charge in [-0.25, -0.2) is 8.42 Å². The molecular formula is C27H24ClNO4S2. The number of hydrogen-bond donors (Lipinski definition) is 0. The van der Waals surface area contributed by atoms with Crippen LogP contribution >= 0.6 is 22.9 Å². The zero-order chi connectivity index (χ0) is 25.2. The van der Waals surface area contributed by atoms with Crippen LogP contribution in [0.1, 0.15) is 30.0 Å². The molecule has 0 saturated heterocycles. The van der Waals surface area contributed by atoms with Gasteiger partial charge >= 0.3 is 0 Å². The lowest BCUT2D eigenvalue weighted by Gasteiger charge is -2.17. The molecule has 0 bridgehead atoms. The van der Waals surface area contributed by atoms with E-state index in [1.165, 1.54) is 27.9 Å². The van der Waals surface area contributed by atoms with Crippen LogP contribution < -0.4 is 9.30 Å². The summed E-state index contributed by atoms with van der Waals surface area (Å²) in [7, 11) is -4.27. The number of fused-ring (bicyclic) bond motifs is 2. The number of hydrogen-bond acceptors (Lipinski definition) is 5. The Hall–Kier alpha value is -2.97. The summed E-state index contributed by atoms with van der Waals surface area (Å²) in [6.45, 7) is 6.97. The van der Waals surface area contributed by atoms with Gasteiger partial charge in [-0.1, -0.05) is 58.8 Å². The Bertz CT molecular complexity index is 1550. The van der Waals surface area contributed by atoms with Crippen molar-refractivity contribution in [1.82, 2.24) is 0 Å². The van der Waals surface area contributed by atoms with Gasteiger partial charge in [0.15, 0.2) is 0 Å². The summed E-state index contributed by atoms with van der Waals surface area (Å²) in [5, 5.41) is 1.92. The Balaban J connectivity index is 0.000000221. The second-order valence-electron chi connectivity index (χ2n) is 8.04. The second-order valence-corrected chi connectivity index (χ2v) is 10.9. The lowest BCUT2D eigenvalue weighted by Crippen LogP contribution is -2.33. The first-order valence-electron chi connectivity index (χ1n) is 11.0.